The lowest BCUT2D eigenvalue weighted by atomic mass is 10.0. The molecule has 3 rings (SSSR count). The molecule has 130 valence electrons. The van der Waals surface area contributed by atoms with Crippen molar-refractivity contribution in [1.82, 2.24) is 10.7 Å². The van der Waals surface area contributed by atoms with Crippen molar-refractivity contribution in [2.45, 2.75) is 6.92 Å². The topological polar surface area (TPSA) is 70.6 Å². The molecular weight excluding hydrogens is 326 g/mol. The van der Waals surface area contributed by atoms with E-state index in [0.29, 0.717) is 5.56 Å². The lowest BCUT2D eigenvalue weighted by Gasteiger charge is -2.07. The molecule has 0 bridgehead atoms. The van der Waals surface area contributed by atoms with Crippen molar-refractivity contribution in [3.63, 3.8) is 0 Å². The number of hydrogen-bond donors (Lipinski definition) is 2. The zero-order valence-corrected chi connectivity index (χ0v) is 14.4. The maximum absolute atomic E-state index is 12.4. The van der Waals surface area contributed by atoms with Gasteiger partial charge in [-0.1, -0.05) is 66.2 Å². The first-order valence-corrected chi connectivity index (χ1v) is 8.28. The molecule has 2 N–H and O–H groups in total. The summed E-state index contributed by atoms with van der Waals surface area (Å²) in [5.74, 6) is -0.679. The summed E-state index contributed by atoms with van der Waals surface area (Å²) in [7, 11) is 0. The normalized spacial score (nSPS) is 10.8. The van der Waals surface area contributed by atoms with Crippen LogP contribution in [0.1, 0.15) is 21.5 Å². The van der Waals surface area contributed by atoms with Gasteiger partial charge >= 0.3 is 0 Å². The SMILES string of the molecule is Cc1ccc(C=NNC(=O)CNC(=O)c2cccc3ccccc23)cc1. The second-order valence-corrected chi connectivity index (χ2v) is 5.91. The predicted octanol–water partition coefficient (Wildman–Crippen LogP) is 3.03. The number of carbonyl (C=O) groups is 2. The lowest BCUT2D eigenvalue weighted by molar-refractivity contribution is -0.120. The molecule has 3 aromatic carbocycles. The summed E-state index contributed by atoms with van der Waals surface area (Å²) in [4.78, 5) is 24.2. The zero-order chi connectivity index (χ0) is 18.4. The summed E-state index contributed by atoms with van der Waals surface area (Å²) in [6, 6.07) is 20.9. The average molecular weight is 345 g/mol. The van der Waals surface area contributed by atoms with Crippen LogP contribution in [0, 0.1) is 6.92 Å². The summed E-state index contributed by atoms with van der Waals surface area (Å²) in [5.41, 5.74) is 4.99. The third-order valence-corrected chi connectivity index (χ3v) is 3.92. The summed E-state index contributed by atoms with van der Waals surface area (Å²) in [6.07, 6.45) is 1.56. The van der Waals surface area contributed by atoms with Crippen molar-refractivity contribution in [3.05, 3.63) is 83.4 Å². The molecule has 0 aliphatic carbocycles. The molecule has 0 unspecified atom stereocenters. The Bertz CT molecular complexity index is 957. The first-order chi connectivity index (χ1) is 12.6. The quantitative estimate of drug-likeness (QED) is 0.551. The number of hydrogen-bond acceptors (Lipinski definition) is 3. The molecule has 26 heavy (non-hydrogen) atoms. The second kappa shape index (κ2) is 8.07. The molecule has 0 aromatic heterocycles. The van der Waals surface area contributed by atoms with E-state index in [1.54, 1.807) is 12.3 Å². The Labute approximate surface area is 151 Å². The van der Waals surface area contributed by atoms with Gasteiger partial charge in [-0.05, 0) is 29.3 Å². The summed E-state index contributed by atoms with van der Waals surface area (Å²) in [5, 5.41) is 8.35. The Morgan fingerprint density at radius 2 is 1.69 bits per heavy atom. The first-order valence-electron chi connectivity index (χ1n) is 8.28. The molecule has 5 nitrogen and oxygen atoms in total. The van der Waals surface area contributed by atoms with Crippen molar-refractivity contribution in [1.29, 1.82) is 0 Å². The monoisotopic (exact) mass is 345 g/mol. The van der Waals surface area contributed by atoms with E-state index in [4.69, 9.17) is 0 Å². The van der Waals surface area contributed by atoms with E-state index in [2.05, 4.69) is 15.8 Å². The van der Waals surface area contributed by atoms with Gasteiger partial charge in [-0.3, -0.25) is 9.59 Å². The lowest BCUT2D eigenvalue weighted by Crippen LogP contribution is -2.35. The van der Waals surface area contributed by atoms with Crippen molar-refractivity contribution in [3.8, 4) is 0 Å². The number of aryl methyl sites for hydroxylation is 1. The van der Waals surface area contributed by atoms with Crippen LogP contribution in [0.2, 0.25) is 0 Å². The minimum atomic E-state index is -0.387. The van der Waals surface area contributed by atoms with Crippen LogP contribution < -0.4 is 10.7 Å². The van der Waals surface area contributed by atoms with E-state index in [1.807, 2.05) is 67.6 Å². The van der Waals surface area contributed by atoms with Crippen LogP contribution in [0.5, 0.6) is 0 Å². The van der Waals surface area contributed by atoms with Crippen LogP contribution >= 0.6 is 0 Å². The van der Waals surface area contributed by atoms with Crippen LogP contribution in [-0.2, 0) is 4.79 Å². The Hall–Kier alpha value is -3.47. The van der Waals surface area contributed by atoms with E-state index >= 15 is 0 Å². The van der Waals surface area contributed by atoms with Crippen LogP contribution in [0.25, 0.3) is 10.8 Å². The molecule has 2 amide bonds. The number of fused-ring (bicyclic) bond motifs is 1. The number of benzene rings is 3. The molecule has 0 heterocycles. The molecule has 0 fully saturated rings. The maximum atomic E-state index is 12.4. The van der Waals surface area contributed by atoms with Crippen LogP contribution in [-0.4, -0.2) is 24.6 Å². The van der Waals surface area contributed by atoms with Gasteiger partial charge in [-0.15, -0.1) is 0 Å². The highest BCUT2D eigenvalue weighted by Crippen LogP contribution is 2.18. The fraction of sp³-hybridized carbons (Fsp3) is 0.0952. The van der Waals surface area contributed by atoms with Gasteiger partial charge in [-0.25, -0.2) is 5.43 Å². The van der Waals surface area contributed by atoms with Crippen molar-refractivity contribution >= 4 is 28.8 Å². The molecule has 0 radical (unpaired) electrons. The number of hydrazone groups is 1. The zero-order valence-electron chi connectivity index (χ0n) is 14.4. The molecule has 3 aromatic rings. The third-order valence-electron chi connectivity index (χ3n) is 3.92. The van der Waals surface area contributed by atoms with Crippen LogP contribution in [0.15, 0.2) is 71.8 Å². The van der Waals surface area contributed by atoms with Gasteiger partial charge in [0, 0.05) is 5.56 Å². The van der Waals surface area contributed by atoms with E-state index in [-0.39, 0.29) is 18.4 Å². The number of amides is 2. The average Bonchev–Trinajstić information content (AvgIpc) is 2.67. The number of nitrogens with one attached hydrogen (secondary N) is 2. The van der Waals surface area contributed by atoms with Gasteiger partial charge in [0.2, 0.25) is 0 Å². The van der Waals surface area contributed by atoms with Crippen LogP contribution in [0.4, 0.5) is 0 Å². The van der Waals surface area contributed by atoms with Gasteiger partial charge in [-0.2, -0.15) is 5.10 Å². The molecule has 0 aliphatic heterocycles. The van der Waals surface area contributed by atoms with E-state index in [1.165, 1.54) is 0 Å². The third kappa shape index (κ3) is 4.33. The molecule has 0 aliphatic rings. The molecule has 0 spiro atoms. The van der Waals surface area contributed by atoms with E-state index in [9.17, 15) is 9.59 Å². The van der Waals surface area contributed by atoms with Gasteiger partial charge in [0.1, 0.15) is 0 Å². The highest BCUT2D eigenvalue weighted by molar-refractivity contribution is 6.07. The second-order valence-electron chi connectivity index (χ2n) is 5.91. The van der Waals surface area contributed by atoms with Crippen LogP contribution in [0.3, 0.4) is 0 Å². The fourth-order valence-electron chi connectivity index (χ4n) is 2.55. The van der Waals surface area contributed by atoms with Gasteiger partial charge in [0.25, 0.3) is 11.8 Å². The maximum Gasteiger partial charge on any atom is 0.259 e. The standard InChI is InChI=1S/C21H19N3O2/c1-15-9-11-16(12-10-15)13-23-24-20(25)14-22-21(26)19-8-4-6-17-5-2-3-7-18(17)19/h2-13H,14H2,1H3,(H,22,26)(H,24,25). The molecular formula is C21H19N3O2. The Kier molecular flexibility index (Phi) is 5.39. The van der Waals surface area contributed by atoms with Crippen molar-refractivity contribution in [2.75, 3.05) is 6.54 Å². The first kappa shape index (κ1) is 17.4. The summed E-state index contributed by atoms with van der Waals surface area (Å²) >= 11 is 0. The number of carbonyl (C=O) groups excluding carboxylic acids is 2. The largest absolute Gasteiger partial charge is 0.343 e. The minimum Gasteiger partial charge on any atom is -0.343 e. The van der Waals surface area contributed by atoms with E-state index < -0.39 is 0 Å². The molecule has 5 heteroatoms. The number of nitrogens with zero attached hydrogens (tertiary/aromatic N) is 1. The minimum absolute atomic E-state index is 0.146. The predicted molar refractivity (Wildman–Crippen MR) is 103 cm³/mol. The molecule has 0 atom stereocenters. The molecule has 0 saturated carbocycles. The van der Waals surface area contributed by atoms with Crippen molar-refractivity contribution in [2.24, 2.45) is 5.10 Å². The Morgan fingerprint density at radius 1 is 0.962 bits per heavy atom. The van der Waals surface area contributed by atoms with Crippen molar-refractivity contribution < 1.29 is 9.59 Å². The Balaban J connectivity index is 1.55. The van der Waals surface area contributed by atoms with Gasteiger partial charge in [0.05, 0.1) is 12.8 Å². The fourth-order valence-corrected chi connectivity index (χ4v) is 2.55. The highest BCUT2D eigenvalue weighted by atomic mass is 16.2. The van der Waals surface area contributed by atoms with Gasteiger partial charge in [0.15, 0.2) is 0 Å². The summed E-state index contributed by atoms with van der Waals surface area (Å²) in [6.45, 7) is 1.86. The van der Waals surface area contributed by atoms with E-state index in [0.717, 1.165) is 21.9 Å². The van der Waals surface area contributed by atoms with Gasteiger partial charge < -0.3 is 5.32 Å². The highest BCUT2D eigenvalue weighted by Gasteiger charge is 2.10. The smallest absolute Gasteiger partial charge is 0.259 e. The Morgan fingerprint density at radius 3 is 2.50 bits per heavy atom. The summed E-state index contributed by atoms with van der Waals surface area (Å²) < 4.78 is 0. The number of rotatable bonds is 5. The molecule has 0 saturated heterocycles.